The number of phenols is 2. The smallest absolute Gasteiger partial charge is 0.206 e. The lowest BCUT2D eigenvalue weighted by molar-refractivity contribution is 0.0108. The molecule has 0 saturated heterocycles. The number of halogens is 1. The van der Waals surface area contributed by atoms with Crippen molar-refractivity contribution < 1.29 is 14.9 Å². The van der Waals surface area contributed by atoms with Crippen LogP contribution in [0.2, 0.25) is 0 Å². The molecule has 2 heterocycles. The van der Waals surface area contributed by atoms with Gasteiger partial charge in [-0.25, -0.2) is 4.99 Å². The van der Waals surface area contributed by atoms with E-state index in [1.807, 2.05) is 18.2 Å². The van der Waals surface area contributed by atoms with Gasteiger partial charge in [0.1, 0.15) is 0 Å². The maximum absolute atomic E-state index is 10.7. The Morgan fingerprint density at radius 2 is 2.06 bits per heavy atom. The first-order valence-electron chi connectivity index (χ1n) is 10.1. The Labute approximate surface area is 198 Å². The van der Waals surface area contributed by atoms with Crippen molar-refractivity contribution in [1.29, 1.82) is 0 Å². The number of aliphatic imine (C=N–C) groups is 1. The monoisotopic (exact) mass is 504 g/mol. The van der Waals surface area contributed by atoms with Crippen molar-refractivity contribution in [3.05, 3.63) is 65.7 Å². The number of aryl methyl sites for hydroxylation is 1. The third-order valence-corrected chi connectivity index (χ3v) is 6.45. The van der Waals surface area contributed by atoms with E-state index in [1.165, 1.54) is 11.6 Å². The number of phenolic OH excluding ortho intramolecular Hbond substituents is 2. The molecule has 0 radical (unpaired) electrons. The summed E-state index contributed by atoms with van der Waals surface area (Å²) in [6.45, 7) is 10.1. The molecule has 2 aromatic rings. The van der Waals surface area contributed by atoms with Crippen molar-refractivity contribution >= 4 is 33.9 Å². The normalized spacial score (nSPS) is 23.6. The van der Waals surface area contributed by atoms with Crippen LogP contribution in [0.4, 0.5) is 0 Å². The van der Waals surface area contributed by atoms with E-state index in [9.17, 15) is 10.2 Å². The second-order valence-corrected chi connectivity index (χ2v) is 9.78. The third kappa shape index (κ3) is 4.72. The van der Waals surface area contributed by atoms with Gasteiger partial charge in [-0.1, -0.05) is 53.7 Å². The highest BCUT2D eigenvalue weighted by atomic mass is 79.9. The van der Waals surface area contributed by atoms with Crippen LogP contribution in [0.5, 0.6) is 17.2 Å². The Hall–Kier alpha value is -2.12. The zero-order valence-corrected chi connectivity index (χ0v) is 20.5. The van der Waals surface area contributed by atoms with Crippen LogP contribution in [0, 0.1) is 6.92 Å². The van der Waals surface area contributed by atoms with Gasteiger partial charge in [0.05, 0.1) is 0 Å². The summed E-state index contributed by atoms with van der Waals surface area (Å²) in [7, 11) is 0. The summed E-state index contributed by atoms with van der Waals surface area (Å²) in [6, 6.07) is 11.8. The minimum Gasteiger partial charge on any atom is -0.504 e. The van der Waals surface area contributed by atoms with Gasteiger partial charge in [-0.3, -0.25) is 0 Å². The summed E-state index contributed by atoms with van der Waals surface area (Å²) in [5.41, 5.74) is 2.11. The Morgan fingerprint density at radius 3 is 2.77 bits per heavy atom. The van der Waals surface area contributed by atoms with Crippen LogP contribution in [-0.4, -0.2) is 32.4 Å². The molecule has 5 nitrogen and oxygen atoms in total. The van der Waals surface area contributed by atoms with Crippen molar-refractivity contribution in [3.8, 4) is 17.2 Å². The van der Waals surface area contributed by atoms with E-state index in [-0.39, 0.29) is 39.9 Å². The molecule has 1 spiro atoms. The molecule has 2 aromatic carbocycles. The first-order chi connectivity index (χ1) is 14.2. The first kappa shape index (κ1) is 23.5. The lowest BCUT2D eigenvalue weighted by Crippen LogP contribution is -2.57. The molecule has 2 aliphatic rings. The summed E-state index contributed by atoms with van der Waals surface area (Å²) < 4.78 is 6.42. The van der Waals surface area contributed by atoms with Crippen molar-refractivity contribution in [2.45, 2.75) is 50.8 Å². The van der Waals surface area contributed by atoms with Gasteiger partial charge in [0, 0.05) is 35.6 Å². The highest BCUT2D eigenvalue weighted by molar-refractivity contribution is 8.93. The number of amidine groups is 1. The maximum atomic E-state index is 10.7. The number of fused-ring (bicyclic) bond motifs is 1. The SMILES string of the molecule is Br.C=CCSC1=NC2(CC(c3cccc(C)c3)c3ccc(O)c(O)c3O2)CC(C)(C)N1. The van der Waals surface area contributed by atoms with Gasteiger partial charge in [0.2, 0.25) is 11.5 Å². The van der Waals surface area contributed by atoms with E-state index in [0.717, 1.165) is 22.0 Å². The molecule has 166 valence electrons. The number of ether oxygens (including phenoxy) is 1. The molecule has 2 unspecified atom stereocenters. The molecule has 0 aromatic heterocycles. The fraction of sp³-hybridized carbons (Fsp3) is 0.375. The molecule has 0 aliphatic carbocycles. The quantitative estimate of drug-likeness (QED) is 0.372. The summed E-state index contributed by atoms with van der Waals surface area (Å²) in [6.07, 6.45) is 3.13. The predicted molar refractivity (Wildman–Crippen MR) is 133 cm³/mol. The molecule has 7 heteroatoms. The topological polar surface area (TPSA) is 74.1 Å². The molecule has 2 atom stereocenters. The van der Waals surface area contributed by atoms with E-state index in [0.29, 0.717) is 18.6 Å². The van der Waals surface area contributed by atoms with Crippen LogP contribution in [0.15, 0.2) is 54.0 Å². The number of hydrogen-bond donors (Lipinski definition) is 3. The second-order valence-electron chi connectivity index (χ2n) is 8.77. The van der Waals surface area contributed by atoms with Crippen molar-refractivity contribution in [2.24, 2.45) is 4.99 Å². The molecular formula is C24H29BrN2O3S. The number of benzene rings is 2. The lowest BCUT2D eigenvalue weighted by Gasteiger charge is -2.47. The minimum atomic E-state index is -0.842. The molecular weight excluding hydrogens is 476 g/mol. The van der Waals surface area contributed by atoms with Gasteiger partial charge in [-0.15, -0.1) is 23.6 Å². The van der Waals surface area contributed by atoms with Crippen LogP contribution in [0.1, 0.15) is 49.3 Å². The average Bonchev–Trinajstić information content (AvgIpc) is 2.68. The first-order valence-corrected chi connectivity index (χ1v) is 11.1. The number of nitrogens with one attached hydrogen (secondary N) is 1. The number of nitrogens with zero attached hydrogens (tertiary/aromatic N) is 1. The fourth-order valence-electron chi connectivity index (χ4n) is 4.46. The Bertz CT molecular complexity index is 1020. The number of thioether (sulfide) groups is 1. The number of rotatable bonds is 3. The summed E-state index contributed by atoms with van der Waals surface area (Å²) in [5.74, 6) is 0.635. The fourth-order valence-corrected chi connectivity index (χ4v) is 5.32. The molecule has 31 heavy (non-hydrogen) atoms. The molecule has 3 N–H and O–H groups in total. The highest BCUT2D eigenvalue weighted by Crippen LogP contribution is 2.53. The highest BCUT2D eigenvalue weighted by Gasteiger charge is 2.49. The molecule has 0 fully saturated rings. The van der Waals surface area contributed by atoms with Gasteiger partial charge in [0.25, 0.3) is 0 Å². The molecule has 2 aliphatic heterocycles. The van der Waals surface area contributed by atoms with E-state index < -0.39 is 5.72 Å². The summed E-state index contributed by atoms with van der Waals surface area (Å²) in [4.78, 5) is 4.98. The van der Waals surface area contributed by atoms with E-state index >= 15 is 0 Å². The number of hydrogen-bond acceptors (Lipinski definition) is 6. The van der Waals surface area contributed by atoms with Crippen molar-refractivity contribution in [3.63, 3.8) is 0 Å². The third-order valence-electron chi connectivity index (χ3n) is 5.58. The van der Waals surface area contributed by atoms with Gasteiger partial charge < -0.3 is 20.3 Å². The van der Waals surface area contributed by atoms with Gasteiger partial charge in [-0.05, 0) is 32.4 Å². The van der Waals surface area contributed by atoms with Gasteiger partial charge in [0.15, 0.2) is 16.7 Å². The molecule has 0 saturated carbocycles. The standard InChI is InChI=1S/C24H28N2O3S.BrH/c1-5-11-30-22-25-23(3,4)14-24(26-22)13-18(16-8-6-7-15(2)12-16)17-9-10-19(27)20(28)21(17)29-24;/h5-10,12,18,27-28H,1,11,13-14H2,2-4H3,(H,25,26);1H. The number of aromatic hydroxyl groups is 2. The van der Waals surface area contributed by atoms with Crippen molar-refractivity contribution in [1.82, 2.24) is 5.32 Å². The zero-order chi connectivity index (χ0) is 21.5. The molecule has 0 bridgehead atoms. The Morgan fingerprint density at radius 1 is 1.29 bits per heavy atom. The minimum absolute atomic E-state index is 0. The van der Waals surface area contributed by atoms with Crippen LogP contribution in [0.3, 0.4) is 0 Å². The molecule has 0 amide bonds. The second kappa shape index (κ2) is 8.79. The van der Waals surface area contributed by atoms with Crippen LogP contribution >= 0.6 is 28.7 Å². The van der Waals surface area contributed by atoms with Gasteiger partial charge >= 0.3 is 0 Å². The zero-order valence-electron chi connectivity index (χ0n) is 18.0. The Balaban J connectivity index is 0.00000272. The lowest BCUT2D eigenvalue weighted by atomic mass is 9.77. The van der Waals surface area contributed by atoms with E-state index in [4.69, 9.17) is 9.73 Å². The van der Waals surface area contributed by atoms with Crippen LogP contribution in [-0.2, 0) is 0 Å². The largest absolute Gasteiger partial charge is 0.504 e. The van der Waals surface area contributed by atoms with Crippen LogP contribution in [0.25, 0.3) is 0 Å². The Kier molecular flexibility index (Phi) is 6.67. The van der Waals surface area contributed by atoms with E-state index in [1.54, 1.807) is 11.8 Å². The van der Waals surface area contributed by atoms with Crippen molar-refractivity contribution in [2.75, 3.05) is 5.75 Å². The average molecular weight is 505 g/mol. The van der Waals surface area contributed by atoms with Gasteiger partial charge in [-0.2, -0.15) is 0 Å². The maximum Gasteiger partial charge on any atom is 0.206 e. The molecule has 4 rings (SSSR count). The van der Waals surface area contributed by atoms with Crippen LogP contribution < -0.4 is 10.1 Å². The summed E-state index contributed by atoms with van der Waals surface area (Å²) >= 11 is 1.58. The summed E-state index contributed by atoms with van der Waals surface area (Å²) in [5, 5.41) is 25.1. The van der Waals surface area contributed by atoms with E-state index in [2.05, 4.69) is 50.9 Å². The predicted octanol–water partition coefficient (Wildman–Crippen LogP) is 5.64.